The Balaban J connectivity index is 1.71. The minimum absolute atomic E-state index is 0.0116. The molecule has 35 heavy (non-hydrogen) atoms. The Hall–Kier alpha value is -3.09. The molecule has 0 saturated carbocycles. The molecule has 1 aromatic heterocycles. The van der Waals surface area contributed by atoms with Crippen molar-refractivity contribution in [1.82, 2.24) is 4.98 Å². The molecule has 3 N–H and O–H groups in total. The Labute approximate surface area is 197 Å². The molecular weight excluding hydrogens is 495 g/mol. The van der Waals surface area contributed by atoms with Crippen LogP contribution in [0.3, 0.4) is 0 Å². The summed E-state index contributed by atoms with van der Waals surface area (Å²) >= 11 is 0. The van der Waals surface area contributed by atoms with E-state index in [1.165, 1.54) is 26.0 Å². The van der Waals surface area contributed by atoms with Crippen molar-refractivity contribution in [2.75, 3.05) is 12.0 Å². The van der Waals surface area contributed by atoms with E-state index in [9.17, 15) is 35.2 Å². The van der Waals surface area contributed by atoms with Gasteiger partial charge in [-0.3, -0.25) is 14.8 Å². The lowest BCUT2D eigenvalue weighted by Gasteiger charge is -2.39. The smallest absolute Gasteiger partial charge is 0.386 e. The predicted molar refractivity (Wildman–Crippen MR) is 118 cm³/mol. The van der Waals surface area contributed by atoms with Crippen LogP contribution in [0.2, 0.25) is 0 Å². The number of amides is 1. The molecule has 2 aromatic rings. The first kappa shape index (κ1) is 25.0. The summed E-state index contributed by atoms with van der Waals surface area (Å²) in [7, 11) is -4.15. The zero-order valence-electron chi connectivity index (χ0n) is 18.6. The number of alkyl halides is 4. The Kier molecular flexibility index (Phi) is 5.70. The summed E-state index contributed by atoms with van der Waals surface area (Å²) in [6, 6.07) is 4.15. The number of hydrogen-bond acceptors (Lipinski definition) is 6. The summed E-state index contributed by atoms with van der Waals surface area (Å²) in [5.41, 5.74) is 2.74. The molecule has 3 atom stereocenters. The monoisotopic (exact) mass is 516 g/mol. The number of aromatic nitrogens is 1. The lowest BCUT2D eigenvalue weighted by atomic mass is 9.86. The third-order valence-electron chi connectivity index (χ3n) is 6.78. The maximum atomic E-state index is 14.9. The highest BCUT2D eigenvalue weighted by atomic mass is 32.2. The highest BCUT2D eigenvalue weighted by molar-refractivity contribution is 7.94. The first-order chi connectivity index (χ1) is 16.2. The van der Waals surface area contributed by atoms with Gasteiger partial charge in [0.25, 0.3) is 5.91 Å². The fourth-order valence-electron chi connectivity index (χ4n) is 4.81. The normalized spacial score (nSPS) is 27.4. The topological polar surface area (TPSA) is 115 Å². The Morgan fingerprint density at radius 3 is 2.57 bits per heavy atom. The third-order valence-corrected chi connectivity index (χ3v) is 9.84. The summed E-state index contributed by atoms with van der Waals surface area (Å²) in [5, 5.41) is 1.20. The van der Waals surface area contributed by atoms with Crippen molar-refractivity contribution in [2.45, 2.75) is 48.4 Å². The van der Waals surface area contributed by atoms with Gasteiger partial charge in [-0.25, -0.2) is 17.2 Å². The number of nitrogens with one attached hydrogen (secondary N) is 1. The second-order valence-corrected chi connectivity index (χ2v) is 11.3. The highest BCUT2D eigenvalue weighted by Gasteiger charge is 2.65. The number of benzene rings is 1. The van der Waals surface area contributed by atoms with Crippen LogP contribution in [0.1, 0.15) is 46.9 Å². The van der Waals surface area contributed by atoms with Crippen LogP contribution < -0.4 is 11.1 Å². The minimum atomic E-state index is -4.63. The van der Waals surface area contributed by atoms with Crippen LogP contribution in [-0.4, -0.2) is 41.8 Å². The second-order valence-electron chi connectivity index (χ2n) is 8.88. The standard InChI is InChI=1S/C22H21F5N4O3S/c1-11-7-12(22(25,26)27)9-29-17(11)18(32)30-13-3-4-15(24)14(8-13)20(2)16-5-6-21(10-23,19(28)31-20)35(16,33)34/h3-4,7-9,16H,5-6,10H2,1-2H3,(H2,28,31)(H,30,32)/t16-,20+,21-/m0/s1. The van der Waals surface area contributed by atoms with Gasteiger partial charge in [-0.1, -0.05) is 0 Å². The van der Waals surface area contributed by atoms with E-state index >= 15 is 0 Å². The maximum absolute atomic E-state index is 14.9. The van der Waals surface area contributed by atoms with E-state index in [0.29, 0.717) is 6.20 Å². The summed E-state index contributed by atoms with van der Waals surface area (Å²) in [6.07, 6.45) is -4.17. The molecule has 1 aromatic carbocycles. The van der Waals surface area contributed by atoms with E-state index in [0.717, 1.165) is 12.1 Å². The van der Waals surface area contributed by atoms with E-state index in [1.54, 1.807) is 0 Å². The number of carbonyl (C=O) groups excluding carboxylic acids is 1. The van der Waals surface area contributed by atoms with Crippen molar-refractivity contribution in [2.24, 2.45) is 10.7 Å². The number of hydrogen-bond donors (Lipinski definition) is 2. The largest absolute Gasteiger partial charge is 0.417 e. The van der Waals surface area contributed by atoms with Gasteiger partial charge < -0.3 is 11.1 Å². The van der Waals surface area contributed by atoms with E-state index in [-0.39, 0.29) is 35.3 Å². The van der Waals surface area contributed by atoms with E-state index in [2.05, 4.69) is 15.3 Å². The first-order valence-electron chi connectivity index (χ1n) is 10.5. The van der Waals surface area contributed by atoms with Crippen molar-refractivity contribution in [1.29, 1.82) is 0 Å². The molecule has 0 unspecified atom stereocenters. The molecule has 3 heterocycles. The molecule has 188 valence electrons. The Morgan fingerprint density at radius 2 is 1.97 bits per heavy atom. The molecule has 2 bridgehead atoms. The second kappa shape index (κ2) is 7.97. The van der Waals surface area contributed by atoms with Crippen LogP contribution in [-0.2, 0) is 21.6 Å². The lowest BCUT2D eigenvalue weighted by molar-refractivity contribution is -0.137. The van der Waals surface area contributed by atoms with Crippen molar-refractivity contribution < 1.29 is 35.2 Å². The molecular formula is C22H21F5N4O3S. The van der Waals surface area contributed by atoms with Crippen molar-refractivity contribution >= 4 is 27.3 Å². The summed E-state index contributed by atoms with van der Waals surface area (Å²) in [6.45, 7) is 1.42. The number of pyridine rings is 1. The lowest BCUT2D eigenvalue weighted by Crippen LogP contribution is -2.58. The number of fused-ring (bicyclic) bond motifs is 2. The zero-order valence-corrected chi connectivity index (χ0v) is 19.4. The van der Waals surface area contributed by atoms with E-state index in [1.807, 2.05) is 0 Å². The molecule has 1 fully saturated rings. The molecule has 2 aliphatic heterocycles. The Morgan fingerprint density at radius 1 is 1.29 bits per heavy atom. The van der Waals surface area contributed by atoms with Crippen LogP contribution in [0.5, 0.6) is 0 Å². The van der Waals surface area contributed by atoms with Crippen molar-refractivity contribution in [3.8, 4) is 0 Å². The van der Waals surface area contributed by atoms with Crippen molar-refractivity contribution in [3.05, 3.63) is 58.7 Å². The molecule has 0 radical (unpaired) electrons. The third kappa shape index (κ3) is 3.67. The van der Waals surface area contributed by atoms with Gasteiger partial charge in [-0.05, 0) is 56.5 Å². The van der Waals surface area contributed by atoms with Gasteiger partial charge in [-0.15, -0.1) is 0 Å². The average Bonchev–Trinajstić information content (AvgIpc) is 2.97. The van der Waals surface area contributed by atoms with Gasteiger partial charge in [0.1, 0.15) is 29.6 Å². The fourth-order valence-corrected chi connectivity index (χ4v) is 7.46. The van der Waals surface area contributed by atoms with Gasteiger partial charge in [-0.2, -0.15) is 13.2 Å². The van der Waals surface area contributed by atoms with Crippen LogP contribution in [0, 0.1) is 12.7 Å². The zero-order chi connectivity index (χ0) is 26.0. The van der Waals surface area contributed by atoms with E-state index < -0.39 is 61.3 Å². The van der Waals surface area contributed by atoms with Crippen molar-refractivity contribution in [3.63, 3.8) is 0 Å². The number of carbonyl (C=O) groups is 1. The SMILES string of the molecule is Cc1cc(C(F)(F)F)cnc1C(=O)Nc1ccc(F)c([C@@]2(C)N=C(N)[C@@]3(CF)CC[C@@H]2S3(=O)=O)c1. The molecule has 0 spiro atoms. The number of halogens is 5. The van der Waals surface area contributed by atoms with Crippen LogP contribution >= 0.6 is 0 Å². The van der Waals surface area contributed by atoms with Crippen LogP contribution in [0.25, 0.3) is 0 Å². The number of sulfone groups is 1. The molecule has 1 amide bonds. The van der Waals surface area contributed by atoms with E-state index in [4.69, 9.17) is 5.73 Å². The molecule has 1 saturated heterocycles. The first-order valence-corrected chi connectivity index (χ1v) is 12.0. The number of nitrogens with zero attached hydrogens (tertiary/aromatic N) is 2. The summed E-state index contributed by atoms with van der Waals surface area (Å²) in [4.78, 5) is 20.5. The number of nitrogens with two attached hydrogens (primary N) is 1. The number of aryl methyl sites for hydroxylation is 1. The van der Waals surface area contributed by atoms with Gasteiger partial charge in [0.05, 0.1) is 10.8 Å². The van der Waals surface area contributed by atoms with Gasteiger partial charge in [0.2, 0.25) is 0 Å². The quantitative estimate of drug-likeness (QED) is 0.602. The number of anilines is 1. The average molecular weight is 516 g/mol. The van der Waals surface area contributed by atoms with Gasteiger partial charge in [0.15, 0.2) is 14.6 Å². The van der Waals surface area contributed by atoms with Gasteiger partial charge >= 0.3 is 6.18 Å². The molecule has 0 aliphatic carbocycles. The predicted octanol–water partition coefficient (Wildman–Crippen LogP) is 3.67. The minimum Gasteiger partial charge on any atom is -0.386 e. The van der Waals surface area contributed by atoms with Crippen LogP contribution in [0.15, 0.2) is 35.5 Å². The van der Waals surface area contributed by atoms with Crippen LogP contribution in [0.4, 0.5) is 27.6 Å². The number of amidine groups is 1. The molecule has 7 nitrogen and oxygen atoms in total. The molecule has 13 heteroatoms. The summed E-state index contributed by atoms with van der Waals surface area (Å²) in [5.74, 6) is -2.11. The molecule has 4 rings (SSSR count). The maximum Gasteiger partial charge on any atom is 0.417 e. The number of rotatable bonds is 4. The fraction of sp³-hybridized carbons (Fsp3) is 0.409. The summed E-state index contributed by atoms with van der Waals surface area (Å²) < 4.78 is 91.7. The van der Waals surface area contributed by atoms with Gasteiger partial charge in [0, 0.05) is 17.4 Å². The Bertz CT molecular complexity index is 1360. The highest BCUT2D eigenvalue weighted by Crippen LogP contribution is 2.52. The molecule has 2 aliphatic rings. The number of aliphatic imine (C=N–C) groups is 1.